The summed E-state index contributed by atoms with van der Waals surface area (Å²) in [5.74, 6) is -0.916. The summed E-state index contributed by atoms with van der Waals surface area (Å²) in [6, 6.07) is 3.61. The molecule has 0 unspecified atom stereocenters. The molecule has 0 spiro atoms. The lowest BCUT2D eigenvalue weighted by Crippen LogP contribution is -2.28. The molecule has 0 aliphatic rings. The Kier molecular flexibility index (Phi) is 3.61. The molecule has 1 rings (SSSR count). The highest BCUT2D eigenvalue weighted by Gasteiger charge is 2.21. The number of hydrogen-bond acceptors (Lipinski definition) is 4. The largest absolute Gasteiger partial charge is 0.398 e. The van der Waals surface area contributed by atoms with Crippen LogP contribution in [0.15, 0.2) is 23.1 Å². The Morgan fingerprint density at radius 1 is 1.47 bits per heavy atom. The lowest BCUT2D eigenvalue weighted by Gasteiger charge is -2.08. The average Bonchev–Trinajstić information content (AvgIpc) is 2.14. The first-order chi connectivity index (χ1) is 6.99. The van der Waals surface area contributed by atoms with E-state index in [9.17, 15) is 12.8 Å². The minimum absolute atomic E-state index is 0.166. The van der Waals surface area contributed by atoms with Gasteiger partial charge in [0.1, 0.15) is 10.7 Å². The Bertz CT molecular complexity index is 427. The fraction of sp³-hybridized carbons (Fsp3) is 0.250. The van der Waals surface area contributed by atoms with Gasteiger partial charge in [-0.25, -0.2) is 17.5 Å². The number of nitrogens with one attached hydrogen (secondary N) is 1. The van der Waals surface area contributed by atoms with E-state index in [-0.39, 0.29) is 18.8 Å². The molecule has 84 valence electrons. The predicted molar refractivity (Wildman–Crippen MR) is 53.1 cm³/mol. The minimum atomic E-state index is -3.99. The van der Waals surface area contributed by atoms with E-state index in [1.165, 1.54) is 12.1 Å². The Balaban J connectivity index is 3.15. The number of nitrogen functional groups attached to an aromatic ring is 1. The van der Waals surface area contributed by atoms with E-state index in [4.69, 9.17) is 10.8 Å². The number of aliphatic hydroxyl groups is 1. The van der Waals surface area contributed by atoms with Crippen LogP contribution in [0.2, 0.25) is 0 Å². The molecule has 7 heteroatoms. The van der Waals surface area contributed by atoms with E-state index in [1.807, 2.05) is 4.72 Å². The van der Waals surface area contributed by atoms with Gasteiger partial charge in [-0.3, -0.25) is 0 Å². The van der Waals surface area contributed by atoms with Crippen molar-refractivity contribution >= 4 is 15.7 Å². The molecular weight excluding hydrogens is 223 g/mol. The summed E-state index contributed by atoms with van der Waals surface area (Å²) < 4.78 is 38.2. The van der Waals surface area contributed by atoms with Gasteiger partial charge in [0.05, 0.1) is 12.3 Å². The van der Waals surface area contributed by atoms with E-state index in [2.05, 4.69) is 0 Å². The number of nitrogens with two attached hydrogens (primary N) is 1. The summed E-state index contributed by atoms with van der Waals surface area (Å²) in [5.41, 5.74) is 5.19. The molecule has 0 aliphatic heterocycles. The van der Waals surface area contributed by atoms with Crippen LogP contribution in [0.4, 0.5) is 10.1 Å². The van der Waals surface area contributed by atoms with E-state index in [0.29, 0.717) is 0 Å². The number of sulfonamides is 1. The maximum Gasteiger partial charge on any atom is 0.245 e. The van der Waals surface area contributed by atoms with Crippen LogP contribution in [-0.4, -0.2) is 26.7 Å². The average molecular weight is 234 g/mol. The molecule has 0 aromatic heterocycles. The van der Waals surface area contributed by atoms with Gasteiger partial charge in [-0.15, -0.1) is 0 Å². The second-order valence-corrected chi connectivity index (χ2v) is 4.48. The molecular formula is C8H11FN2O3S. The fourth-order valence-electron chi connectivity index (χ4n) is 1.06. The van der Waals surface area contributed by atoms with Crippen molar-refractivity contribution in [3.63, 3.8) is 0 Å². The zero-order valence-electron chi connectivity index (χ0n) is 7.77. The number of halogens is 1. The highest BCUT2D eigenvalue weighted by molar-refractivity contribution is 7.89. The summed E-state index contributed by atoms with van der Waals surface area (Å²) >= 11 is 0. The van der Waals surface area contributed by atoms with E-state index >= 15 is 0 Å². The van der Waals surface area contributed by atoms with Crippen molar-refractivity contribution < 1.29 is 17.9 Å². The zero-order valence-corrected chi connectivity index (χ0v) is 8.59. The molecule has 1 aromatic carbocycles. The first-order valence-electron chi connectivity index (χ1n) is 4.13. The number of rotatable bonds is 4. The molecule has 5 nitrogen and oxygen atoms in total. The van der Waals surface area contributed by atoms with E-state index < -0.39 is 20.7 Å². The molecule has 0 fully saturated rings. The van der Waals surface area contributed by atoms with Crippen molar-refractivity contribution in [2.45, 2.75) is 4.90 Å². The van der Waals surface area contributed by atoms with Crippen LogP contribution in [0.1, 0.15) is 0 Å². The van der Waals surface area contributed by atoms with Crippen molar-refractivity contribution in [1.29, 1.82) is 0 Å². The third kappa shape index (κ3) is 2.65. The van der Waals surface area contributed by atoms with Crippen LogP contribution < -0.4 is 10.5 Å². The smallest absolute Gasteiger partial charge is 0.245 e. The molecule has 15 heavy (non-hydrogen) atoms. The van der Waals surface area contributed by atoms with Crippen LogP contribution >= 0.6 is 0 Å². The highest BCUT2D eigenvalue weighted by Crippen LogP contribution is 2.20. The van der Waals surface area contributed by atoms with Gasteiger partial charge in [0, 0.05) is 6.54 Å². The highest BCUT2D eigenvalue weighted by atomic mass is 32.2. The number of benzene rings is 1. The summed E-state index contributed by atoms with van der Waals surface area (Å²) in [4.78, 5) is -0.585. The lowest BCUT2D eigenvalue weighted by atomic mass is 10.3. The Hall–Kier alpha value is -1.18. The van der Waals surface area contributed by atoms with Crippen molar-refractivity contribution in [3.8, 4) is 0 Å². The summed E-state index contributed by atoms with van der Waals surface area (Å²) in [5, 5.41) is 8.46. The molecule has 0 saturated heterocycles. The van der Waals surface area contributed by atoms with E-state index in [1.54, 1.807) is 0 Å². The normalized spacial score (nSPS) is 11.6. The monoisotopic (exact) mass is 234 g/mol. The first kappa shape index (κ1) is 11.9. The second kappa shape index (κ2) is 4.56. The standard InChI is InChI=1S/C8H11FN2O3S/c9-6-2-1-3-7(10)8(6)15(13,14)11-4-5-12/h1-3,11-12H,4-5,10H2. The van der Waals surface area contributed by atoms with Gasteiger partial charge in [-0.05, 0) is 12.1 Å². The summed E-state index contributed by atoms with van der Waals surface area (Å²) in [6.45, 7) is -0.552. The Morgan fingerprint density at radius 2 is 2.13 bits per heavy atom. The summed E-state index contributed by atoms with van der Waals surface area (Å²) in [6.07, 6.45) is 0. The molecule has 1 aromatic rings. The van der Waals surface area contributed by atoms with Crippen LogP contribution in [0, 0.1) is 5.82 Å². The minimum Gasteiger partial charge on any atom is -0.398 e. The van der Waals surface area contributed by atoms with Crippen molar-refractivity contribution in [1.82, 2.24) is 4.72 Å². The number of anilines is 1. The van der Waals surface area contributed by atoms with Crippen LogP contribution in [-0.2, 0) is 10.0 Å². The Morgan fingerprint density at radius 3 is 2.67 bits per heavy atom. The van der Waals surface area contributed by atoms with Gasteiger partial charge >= 0.3 is 0 Å². The summed E-state index contributed by atoms with van der Waals surface area (Å²) in [7, 11) is -3.99. The third-order valence-corrected chi connectivity index (χ3v) is 3.22. The fourth-order valence-corrected chi connectivity index (χ4v) is 2.27. The van der Waals surface area contributed by atoms with Gasteiger partial charge in [0.15, 0.2) is 0 Å². The number of aliphatic hydroxyl groups excluding tert-OH is 1. The van der Waals surface area contributed by atoms with Gasteiger partial charge < -0.3 is 10.8 Å². The molecule has 0 saturated carbocycles. The molecule has 0 bridgehead atoms. The lowest BCUT2D eigenvalue weighted by molar-refractivity contribution is 0.301. The van der Waals surface area contributed by atoms with Gasteiger partial charge in [-0.1, -0.05) is 6.07 Å². The predicted octanol–water partition coefficient (Wildman–Crippen LogP) is -0.322. The molecule has 0 aliphatic carbocycles. The second-order valence-electron chi connectivity index (χ2n) is 2.78. The first-order valence-corrected chi connectivity index (χ1v) is 5.62. The van der Waals surface area contributed by atoms with Gasteiger partial charge in [0.2, 0.25) is 10.0 Å². The topological polar surface area (TPSA) is 92.4 Å². The van der Waals surface area contributed by atoms with Gasteiger partial charge in [-0.2, -0.15) is 0 Å². The van der Waals surface area contributed by atoms with Crippen LogP contribution in [0.5, 0.6) is 0 Å². The van der Waals surface area contributed by atoms with Crippen LogP contribution in [0.3, 0.4) is 0 Å². The molecule has 0 heterocycles. The molecule has 0 atom stereocenters. The number of hydrogen-bond donors (Lipinski definition) is 3. The van der Waals surface area contributed by atoms with Crippen molar-refractivity contribution in [3.05, 3.63) is 24.0 Å². The van der Waals surface area contributed by atoms with Crippen molar-refractivity contribution in [2.75, 3.05) is 18.9 Å². The Labute approximate surface area is 86.8 Å². The quantitative estimate of drug-likeness (QED) is 0.622. The van der Waals surface area contributed by atoms with Gasteiger partial charge in [0.25, 0.3) is 0 Å². The molecule has 4 N–H and O–H groups in total. The van der Waals surface area contributed by atoms with Crippen molar-refractivity contribution in [2.24, 2.45) is 0 Å². The van der Waals surface area contributed by atoms with Crippen LogP contribution in [0.25, 0.3) is 0 Å². The maximum atomic E-state index is 13.2. The SMILES string of the molecule is Nc1cccc(F)c1S(=O)(=O)NCCO. The third-order valence-electron chi connectivity index (χ3n) is 1.67. The molecule has 0 amide bonds. The maximum absolute atomic E-state index is 13.2. The van der Waals surface area contributed by atoms with E-state index in [0.717, 1.165) is 6.07 Å². The molecule has 0 radical (unpaired) electrons. The zero-order chi connectivity index (χ0) is 11.5.